The summed E-state index contributed by atoms with van der Waals surface area (Å²) in [5, 5.41) is 2.09. The Bertz CT molecular complexity index is 1070. The number of ether oxygens (including phenoxy) is 2. The molecule has 5 heteroatoms. The number of nitrogens with zero attached hydrogens (tertiary/aromatic N) is 1. The quantitative estimate of drug-likeness (QED) is 0.447. The van der Waals surface area contributed by atoms with Crippen LogP contribution in [0.5, 0.6) is 0 Å². The molecule has 0 bridgehead atoms. The number of rotatable bonds is 7. The van der Waals surface area contributed by atoms with Gasteiger partial charge in [0.1, 0.15) is 0 Å². The summed E-state index contributed by atoms with van der Waals surface area (Å²) in [6, 6.07) is 9.76. The first-order valence-corrected chi connectivity index (χ1v) is 9.90. The van der Waals surface area contributed by atoms with Crippen LogP contribution < -0.4 is 0 Å². The van der Waals surface area contributed by atoms with E-state index < -0.39 is 0 Å². The molecule has 146 valence electrons. The molecule has 1 aliphatic rings. The topological polar surface area (TPSA) is 57.5 Å². The second-order valence-electron chi connectivity index (χ2n) is 7.15. The maximum Gasteiger partial charge on any atom is 0.175 e. The van der Waals surface area contributed by atoms with Gasteiger partial charge in [-0.25, -0.2) is 0 Å². The van der Waals surface area contributed by atoms with Gasteiger partial charge in [-0.15, -0.1) is 0 Å². The number of aromatic nitrogens is 1. The van der Waals surface area contributed by atoms with Gasteiger partial charge in [0, 0.05) is 52.6 Å². The minimum atomic E-state index is -0.351. The summed E-state index contributed by atoms with van der Waals surface area (Å²) in [5.74, 6) is 0.231. The van der Waals surface area contributed by atoms with Gasteiger partial charge >= 0.3 is 0 Å². The van der Waals surface area contributed by atoms with Crippen LogP contribution in [0.4, 0.5) is 0 Å². The summed E-state index contributed by atoms with van der Waals surface area (Å²) in [6.45, 7) is 7.17. The van der Waals surface area contributed by atoms with Crippen LogP contribution in [-0.4, -0.2) is 35.6 Å². The highest BCUT2D eigenvalue weighted by molar-refractivity contribution is 6.16. The number of aryl methyl sites for hydroxylation is 1. The van der Waals surface area contributed by atoms with Crippen molar-refractivity contribution in [2.24, 2.45) is 0 Å². The van der Waals surface area contributed by atoms with E-state index in [4.69, 9.17) is 9.47 Å². The molecule has 3 aromatic rings. The Hall–Kier alpha value is -2.50. The molecule has 4 rings (SSSR count). The number of hydrogen-bond donors (Lipinski definition) is 0. The van der Waals surface area contributed by atoms with E-state index in [0.717, 1.165) is 39.4 Å². The van der Waals surface area contributed by atoms with Crippen molar-refractivity contribution < 1.29 is 19.1 Å². The fourth-order valence-electron chi connectivity index (χ4n) is 4.25. The fraction of sp³-hybridized carbons (Fsp3) is 0.391. The largest absolute Gasteiger partial charge is 0.351 e. The van der Waals surface area contributed by atoms with Crippen LogP contribution in [0.2, 0.25) is 0 Å². The summed E-state index contributed by atoms with van der Waals surface area (Å²) < 4.78 is 13.7. The van der Waals surface area contributed by atoms with E-state index in [-0.39, 0.29) is 17.9 Å². The number of carbonyl (C=O) groups is 2. The molecule has 0 radical (unpaired) electrons. The molecule has 0 spiro atoms. The third-order valence-corrected chi connectivity index (χ3v) is 5.48. The summed E-state index contributed by atoms with van der Waals surface area (Å²) in [4.78, 5) is 24.2. The van der Waals surface area contributed by atoms with Gasteiger partial charge in [0.2, 0.25) is 0 Å². The molecule has 1 aromatic heterocycles. The van der Waals surface area contributed by atoms with Gasteiger partial charge in [-0.2, -0.15) is 0 Å². The first kappa shape index (κ1) is 18.8. The molecule has 0 fully saturated rings. The second kappa shape index (κ2) is 7.49. The van der Waals surface area contributed by atoms with E-state index in [1.54, 1.807) is 6.92 Å². The van der Waals surface area contributed by atoms with Gasteiger partial charge in [0.15, 0.2) is 17.9 Å². The molecule has 1 aliphatic carbocycles. The monoisotopic (exact) mass is 379 g/mol. The van der Waals surface area contributed by atoms with Crippen molar-refractivity contribution in [3.63, 3.8) is 0 Å². The van der Waals surface area contributed by atoms with Crippen molar-refractivity contribution in [2.45, 2.75) is 46.4 Å². The lowest BCUT2D eigenvalue weighted by atomic mass is 10.0. The Balaban J connectivity index is 1.98. The normalized spacial score (nSPS) is 13.8. The van der Waals surface area contributed by atoms with Crippen molar-refractivity contribution in [2.75, 3.05) is 13.2 Å². The SMILES string of the molecule is CCOC(Cn1c2ccc(C(C)=O)cc2c2c3c(ccc21)C(=O)CC3)OCC. The molecule has 0 amide bonds. The minimum absolute atomic E-state index is 0.0352. The highest BCUT2D eigenvalue weighted by atomic mass is 16.7. The Morgan fingerprint density at radius 2 is 1.79 bits per heavy atom. The lowest BCUT2D eigenvalue weighted by Gasteiger charge is -2.19. The van der Waals surface area contributed by atoms with E-state index in [1.807, 2.05) is 44.2 Å². The second-order valence-corrected chi connectivity index (χ2v) is 7.15. The van der Waals surface area contributed by atoms with Crippen molar-refractivity contribution in [1.82, 2.24) is 4.57 Å². The molecule has 0 aliphatic heterocycles. The van der Waals surface area contributed by atoms with Gasteiger partial charge in [-0.05, 0) is 63.1 Å². The zero-order valence-electron chi connectivity index (χ0n) is 16.6. The molecule has 0 atom stereocenters. The van der Waals surface area contributed by atoms with E-state index in [2.05, 4.69) is 4.57 Å². The van der Waals surface area contributed by atoms with E-state index in [0.29, 0.717) is 31.7 Å². The van der Waals surface area contributed by atoms with Gasteiger partial charge in [0.05, 0.1) is 6.54 Å². The first-order valence-electron chi connectivity index (χ1n) is 9.90. The number of carbonyl (C=O) groups excluding carboxylic acids is 2. The predicted molar refractivity (Wildman–Crippen MR) is 109 cm³/mol. The maximum absolute atomic E-state index is 12.3. The van der Waals surface area contributed by atoms with E-state index in [1.165, 1.54) is 0 Å². The third kappa shape index (κ3) is 3.05. The summed E-state index contributed by atoms with van der Waals surface area (Å²) in [5.41, 5.74) is 4.66. The highest BCUT2D eigenvalue weighted by Gasteiger charge is 2.26. The van der Waals surface area contributed by atoms with Gasteiger partial charge < -0.3 is 14.0 Å². The number of fused-ring (bicyclic) bond motifs is 5. The number of Topliss-reactive ketones (excluding diaryl/α,β-unsaturated/α-hetero) is 2. The van der Waals surface area contributed by atoms with E-state index in [9.17, 15) is 9.59 Å². The number of hydrogen-bond acceptors (Lipinski definition) is 4. The minimum Gasteiger partial charge on any atom is -0.351 e. The molecular formula is C23H25NO4. The Labute approximate surface area is 164 Å². The average molecular weight is 379 g/mol. The summed E-state index contributed by atoms with van der Waals surface area (Å²) in [7, 11) is 0. The molecule has 2 aromatic carbocycles. The van der Waals surface area contributed by atoms with Crippen molar-refractivity contribution in [1.29, 1.82) is 0 Å². The van der Waals surface area contributed by atoms with Crippen molar-refractivity contribution in [3.8, 4) is 0 Å². The maximum atomic E-state index is 12.3. The van der Waals surface area contributed by atoms with Crippen molar-refractivity contribution >= 4 is 33.4 Å². The highest BCUT2D eigenvalue weighted by Crippen LogP contribution is 2.37. The summed E-state index contributed by atoms with van der Waals surface area (Å²) >= 11 is 0. The van der Waals surface area contributed by atoms with Gasteiger partial charge in [0.25, 0.3) is 0 Å². The van der Waals surface area contributed by atoms with Crippen LogP contribution in [0.1, 0.15) is 53.5 Å². The molecule has 0 unspecified atom stereocenters. The summed E-state index contributed by atoms with van der Waals surface area (Å²) in [6.07, 6.45) is 0.944. The number of benzene rings is 2. The van der Waals surface area contributed by atoms with Crippen LogP contribution in [0.15, 0.2) is 30.3 Å². The Morgan fingerprint density at radius 3 is 2.46 bits per heavy atom. The Kier molecular flexibility index (Phi) is 5.04. The smallest absolute Gasteiger partial charge is 0.175 e. The number of ketones is 2. The molecular weight excluding hydrogens is 354 g/mol. The standard InChI is InChI=1S/C23H25NO4/c1-4-27-22(28-5-2)13-24-19-9-6-15(14(3)25)12-18(19)23-17-8-11-21(26)16(17)7-10-20(23)24/h6-7,9-10,12,22H,4-5,8,11,13H2,1-3H3. The van der Waals surface area contributed by atoms with E-state index >= 15 is 0 Å². The van der Waals surface area contributed by atoms with Crippen molar-refractivity contribution in [3.05, 3.63) is 47.0 Å². The van der Waals surface area contributed by atoms with Crippen LogP contribution in [0, 0.1) is 0 Å². The molecule has 0 saturated carbocycles. The lowest BCUT2D eigenvalue weighted by Crippen LogP contribution is -2.23. The third-order valence-electron chi connectivity index (χ3n) is 5.48. The lowest BCUT2D eigenvalue weighted by molar-refractivity contribution is -0.142. The Morgan fingerprint density at radius 1 is 1.07 bits per heavy atom. The zero-order valence-corrected chi connectivity index (χ0v) is 16.6. The predicted octanol–water partition coefficient (Wildman–Crippen LogP) is 4.53. The molecule has 5 nitrogen and oxygen atoms in total. The van der Waals surface area contributed by atoms with Crippen LogP contribution in [0.3, 0.4) is 0 Å². The van der Waals surface area contributed by atoms with Crippen LogP contribution in [0.25, 0.3) is 21.8 Å². The zero-order chi connectivity index (χ0) is 19.8. The first-order chi connectivity index (χ1) is 13.5. The van der Waals surface area contributed by atoms with Crippen LogP contribution in [-0.2, 0) is 22.4 Å². The molecule has 1 heterocycles. The van der Waals surface area contributed by atoms with Crippen LogP contribution >= 0.6 is 0 Å². The molecule has 28 heavy (non-hydrogen) atoms. The molecule has 0 saturated heterocycles. The van der Waals surface area contributed by atoms with Gasteiger partial charge in [-0.1, -0.05) is 0 Å². The molecule has 0 N–H and O–H groups in total. The van der Waals surface area contributed by atoms with Gasteiger partial charge in [-0.3, -0.25) is 9.59 Å². The average Bonchev–Trinajstić information content (AvgIpc) is 3.20. The fourth-order valence-corrected chi connectivity index (χ4v) is 4.25.